The predicted octanol–water partition coefficient (Wildman–Crippen LogP) is 0.618. The molecule has 0 aromatic rings. The molecule has 0 atom stereocenters. The van der Waals surface area contributed by atoms with Crippen molar-refractivity contribution in [1.29, 1.82) is 0 Å². The van der Waals surface area contributed by atoms with Crippen molar-refractivity contribution in [3.8, 4) is 0 Å². The van der Waals surface area contributed by atoms with Crippen LogP contribution in [0.25, 0.3) is 0 Å². The van der Waals surface area contributed by atoms with Crippen LogP contribution in [-0.4, -0.2) is 56.4 Å². The van der Waals surface area contributed by atoms with Gasteiger partial charge in [0.25, 0.3) is 0 Å². The molecule has 1 aliphatic rings. The zero-order valence-corrected chi connectivity index (χ0v) is 8.25. The number of hydrogen-bond donors (Lipinski definition) is 0. The molecule has 72 valence electrons. The average Bonchev–Trinajstić information content (AvgIpc) is 2.09. The highest BCUT2D eigenvalue weighted by atomic mass is 16.5. The van der Waals surface area contributed by atoms with E-state index in [4.69, 9.17) is 4.74 Å². The Hall–Kier alpha value is -0.120. The molecule has 1 heterocycles. The second-order valence-corrected chi connectivity index (χ2v) is 3.46. The molecular formula is C9H20N2O. The van der Waals surface area contributed by atoms with E-state index in [0.717, 1.165) is 32.8 Å². The SMILES string of the molecule is CCCOCN1CCN(C)CC1. The number of nitrogens with zero attached hydrogens (tertiary/aromatic N) is 2. The third-order valence-corrected chi connectivity index (χ3v) is 2.22. The van der Waals surface area contributed by atoms with Gasteiger partial charge in [0.05, 0.1) is 6.73 Å². The summed E-state index contributed by atoms with van der Waals surface area (Å²) < 4.78 is 5.46. The van der Waals surface area contributed by atoms with Gasteiger partial charge in [0.15, 0.2) is 0 Å². The molecular weight excluding hydrogens is 152 g/mol. The highest BCUT2D eigenvalue weighted by Gasteiger charge is 2.12. The van der Waals surface area contributed by atoms with E-state index in [9.17, 15) is 0 Å². The Balaban J connectivity index is 2.01. The molecule has 1 rings (SSSR count). The Labute approximate surface area is 75.3 Å². The van der Waals surface area contributed by atoms with Crippen molar-refractivity contribution in [3.63, 3.8) is 0 Å². The van der Waals surface area contributed by atoms with E-state index in [1.165, 1.54) is 13.1 Å². The third kappa shape index (κ3) is 3.52. The first kappa shape index (κ1) is 9.96. The first-order chi connectivity index (χ1) is 5.83. The smallest absolute Gasteiger partial charge is 0.0991 e. The highest BCUT2D eigenvalue weighted by Crippen LogP contribution is 1.98. The lowest BCUT2D eigenvalue weighted by Gasteiger charge is -2.31. The Morgan fingerprint density at radius 3 is 2.42 bits per heavy atom. The molecule has 0 N–H and O–H groups in total. The van der Waals surface area contributed by atoms with Gasteiger partial charge in [-0.2, -0.15) is 0 Å². The summed E-state index contributed by atoms with van der Waals surface area (Å²) in [5, 5.41) is 0. The Morgan fingerprint density at radius 2 is 1.83 bits per heavy atom. The molecule has 0 spiro atoms. The summed E-state index contributed by atoms with van der Waals surface area (Å²) in [7, 11) is 2.17. The third-order valence-electron chi connectivity index (χ3n) is 2.22. The van der Waals surface area contributed by atoms with Crippen LogP contribution in [0.1, 0.15) is 13.3 Å². The van der Waals surface area contributed by atoms with Crippen LogP contribution in [0.4, 0.5) is 0 Å². The summed E-state index contributed by atoms with van der Waals surface area (Å²) in [5.74, 6) is 0. The summed E-state index contributed by atoms with van der Waals surface area (Å²) in [5.41, 5.74) is 0. The monoisotopic (exact) mass is 172 g/mol. The minimum atomic E-state index is 0.821. The molecule has 3 nitrogen and oxygen atoms in total. The van der Waals surface area contributed by atoms with Gasteiger partial charge in [-0.15, -0.1) is 0 Å². The average molecular weight is 172 g/mol. The van der Waals surface area contributed by atoms with Gasteiger partial charge in [0.1, 0.15) is 0 Å². The van der Waals surface area contributed by atoms with Crippen molar-refractivity contribution < 1.29 is 4.74 Å². The Kier molecular flexibility index (Phi) is 4.58. The van der Waals surface area contributed by atoms with Gasteiger partial charge in [-0.05, 0) is 13.5 Å². The molecule has 1 saturated heterocycles. The Bertz CT molecular complexity index is 111. The van der Waals surface area contributed by atoms with Gasteiger partial charge >= 0.3 is 0 Å². The van der Waals surface area contributed by atoms with E-state index in [1.54, 1.807) is 0 Å². The first-order valence-electron chi connectivity index (χ1n) is 4.81. The molecule has 0 radical (unpaired) electrons. The summed E-state index contributed by atoms with van der Waals surface area (Å²) in [6.07, 6.45) is 1.12. The number of rotatable bonds is 4. The lowest BCUT2D eigenvalue weighted by molar-refractivity contribution is 0.00667. The van der Waals surface area contributed by atoms with Gasteiger partial charge in [0, 0.05) is 32.8 Å². The molecule has 12 heavy (non-hydrogen) atoms. The predicted molar refractivity (Wildman–Crippen MR) is 50.2 cm³/mol. The molecule has 0 saturated carbocycles. The van der Waals surface area contributed by atoms with Crippen LogP contribution >= 0.6 is 0 Å². The molecule has 0 amide bonds. The molecule has 1 aliphatic heterocycles. The van der Waals surface area contributed by atoms with Gasteiger partial charge in [0.2, 0.25) is 0 Å². The lowest BCUT2D eigenvalue weighted by atomic mass is 10.3. The zero-order chi connectivity index (χ0) is 8.81. The van der Waals surface area contributed by atoms with Crippen molar-refractivity contribution in [2.45, 2.75) is 13.3 Å². The fourth-order valence-electron chi connectivity index (χ4n) is 1.31. The van der Waals surface area contributed by atoms with Crippen LogP contribution in [0.3, 0.4) is 0 Å². The maximum absolute atomic E-state index is 5.46. The van der Waals surface area contributed by atoms with Gasteiger partial charge < -0.3 is 9.64 Å². The largest absolute Gasteiger partial charge is 0.366 e. The molecule has 0 aromatic heterocycles. The number of piperazine rings is 1. The van der Waals surface area contributed by atoms with Gasteiger partial charge in [-0.3, -0.25) is 4.90 Å². The quantitative estimate of drug-likeness (QED) is 0.578. The van der Waals surface area contributed by atoms with Crippen LogP contribution in [0.15, 0.2) is 0 Å². The number of likely N-dealkylation sites (N-methyl/N-ethyl adjacent to an activating group) is 1. The van der Waals surface area contributed by atoms with E-state index < -0.39 is 0 Å². The molecule has 0 unspecified atom stereocenters. The fourth-order valence-corrected chi connectivity index (χ4v) is 1.31. The minimum absolute atomic E-state index is 0.821. The number of ether oxygens (including phenoxy) is 1. The van der Waals surface area contributed by atoms with Gasteiger partial charge in [-0.25, -0.2) is 0 Å². The standard InChI is InChI=1S/C9H20N2O/c1-3-8-12-9-11-6-4-10(2)5-7-11/h3-9H2,1-2H3. The summed E-state index contributed by atoms with van der Waals surface area (Å²) in [6, 6.07) is 0. The van der Waals surface area contributed by atoms with E-state index in [0.29, 0.717) is 0 Å². The highest BCUT2D eigenvalue weighted by molar-refractivity contribution is 4.66. The van der Waals surface area contributed by atoms with Crippen LogP contribution in [-0.2, 0) is 4.74 Å². The molecule has 1 fully saturated rings. The molecule has 0 aliphatic carbocycles. The summed E-state index contributed by atoms with van der Waals surface area (Å²) in [6.45, 7) is 8.52. The Morgan fingerprint density at radius 1 is 1.17 bits per heavy atom. The maximum atomic E-state index is 5.46. The minimum Gasteiger partial charge on any atom is -0.366 e. The fraction of sp³-hybridized carbons (Fsp3) is 1.00. The second-order valence-electron chi connectivity index (χ2n) is 3.46. The molecule has 0 aromatic carbocycles. The second kappa shape index (κ2) is 5.51. The summed E-state index contributed by atoms with van der Waals surface area (Å²) in [4.78, 5) is 4.73. The van der Waals surface area contributed by atoms with E-state index in [-0.39, 0.29) is 0 Å². The van der Waals surface area contributed by atoms with Crippen molar-refractivity contribution in [2.75, 3.05) is 46.6 Å². The topological polar surface area (TPSA) is 15.7 Å². The summed E-state index contributed by atoms with van der Waals surface area (Å²) >= 11 is 0. The molecule has 3 heteroatoms. The molecule has 0 bridgehead atoms. The van der Waals surface area contributed by atoms with E-state index >= 15 is 0 Å². The van der Waals surface area contributed by atoms with E-state index in [1.807, 2.05) is 0 Å². The number of hydrogen-bond acceptors (Lipinski definition) is 3. The van der Waals surface area contributed by atoms with Crippen LogP contribution in [0.2, 0.25) is 0 Å². The van der Waals surface area contributed by atoms with Crippen LogP contribution < -0.4 is 0 Å². The van der Waals surface area contributed by atoms with Crippen molar-refractivity contribution in [3.05, 3.63) is 0 Å². The lowest BCUT2D eigenvalue weighted by Crippen LogP contribution is -2.45. The van der Waals surface area contributed by atoms with E-state index in [2.05, 4.69) is 23.8 Å². The van der Waals surface area contributed by atoms with Crippen LogP contribution in [0, 0.1) is 0 Å². The first-order valence-corrected chi connectivity index (χ1v) is 4.81. The van der Waals surface area contributed by atoms with Crippen LogP contribution in [0.5, 0.6) is 0 Å². The maximum Gasteiger partial charge on any atom is 0.0991 e. The van der Waals surface area contributed by atoms with Crippen molar-refractivity contribution in [2.24, 2.45) is 0 Å². The zero-order valence-electron chi connectivity index (χ0n) is 8.25. The normalized spacial score (nSPS) is 21.5. The van der Waals surface area contributed by atoms with Crippen molar-refractivity contribution in [1.82, 2.24) is 9.80 Å². The van der Waals surface area contributed by atoms with Crippen molar-refractivity contribution >= 4 is 0 Å². The van der Waals surface area contributed by atoms with Gasteiger partial charge in [-0.1, -0.05) is 6.92 Å².